The van der Waals surface area contributed by atoms with Gasteiger partial charge in [-0.3, -0.25) is 4.40 Å². The quantitative estimate of drug-likeness (QED) is 0.250. The van der Waals surface area contributed by atoms with E-state index in [0.29, 0.717) is 5.78 Å². The van der Waals surface area contributed by atoms with Crippen molar-refractivity contribution in [2.24, 2.45) is 0 Å². The van der Waals surface area contributed by atoms with Gasteiger partial charge in [0, 0.05) is 22.9 Å². The monoisotopic (exact) mass is 530 g/mol. The maximum absolute atomic E-state index is 12.6. The van der Waals surface area contributed by atoms with Crippen molar-refractivity contribution in [2.45, 2.75) is 58.1 Å². The number of fused-ring (bicyclic) bond motifs is 1. The van der Waals surface area contributed by atoms with Crippen molar-refractivity contribution in [3.05, 3.63) is 102 Å². The second kappa shape index (κ2) is 9.94. The molecule has 0 aliphatic heterocycles. The van der Waals surface area contributed by atoms with Crippen LogP contribution in [0.15, 0.2) is 91.1 Å². The summed E-state index contributed by atoms with van der Waals surface area (Å²) in [6.45, 7) is 7.74. The number of amides is 1. The maximum Gasteiger partial charge on any atom is 0.408 e. The average molecular weight is 531 g/mol. The van der Waals surface area contributed by atoms with Gasteiger partial charge in [-0.05, 0) is 64.2 Å². The molecule has 0 spiro atoms. The minimum absolute atomic E-state index is 0.376. The van der Waals surface area contributed by atoms with Gasteiger partial charge in [-0.2, -0.15) is 0 Å². The SMILES string of the molecule is Cc1ccccc1-c1ccn2c(-c3ccccc3)c(-c3ccc(C4(NC(=O)OC(C)(C)C)CCC4)cc3)nc2n1. The molecular formula is C34H34N4O2. The first kappa shape index (κ1) is 25.8. The molecule has 1 amide bonds. The summed E-state index contributed by atoms with van der Waals surface area (Å²) in [5.74, 6) is 0.653. The lowest BCUT2D eigenvalue weighted by molar-refractivity contribution is 0.0377. The first-order valence-corrected chi connectivity index (χ1v) is 13.9. The van der Waals surface area contributed by atoms with Crippen LogP contribution in [0.2, 0.25) is 0 Å². The van der Waals surface area contributed by atoms with E-state index in [0.717, 1.165) is 58.6 Å². The van der Waals surface area contributed by atoms with Gasteiger partial charge in [-0.25, -0.2) is 14.8 Å². The molecule has 6 nitrogen and oxygen atoms in total. The first-order chi connectivity index (χ1) is 19.2. The van der Waals surface area contributed by atoms with Crippen LogP contribution in [0.1, 0.15) is 51.2 Å². The molecule has 1 N–H and O–H groups in total. The Balaban J connectivity index is 1.40. The Labute approximate surface area is 235 Å². The van der Waals surface area contributed by atoms with Crippen LogP contribution in [-0.4, -0.2) is 26.1 Å². The van der Waals surface area contributed by atoms with Gasteiger partial charge in [0.05, 0.1) is 22.6 Å². The molecule has 6 rings (SSSR count). The molecule has 2 aromatic heterocycles. The van der Waals surface area contributed by atoms with Crippen LogP contribution < -0.4 is 5.32 Å². The third kappa shape index (κ3) is 4.86. The number of nitrogens with zero attached hydrogens (tertiary/aromatic N) is 3. The lowest BCUT2D eigenvalue weighted by Gasteiger charge is -2.43. The topological polar surface area (TPSA) is 68.5 Å². The Morgan fingerprint density at radius 1 is 0.875 bits per heavy atom. The fourth-order valence-electron chi connectivity index (χ4n) is 5.48. The first-order valence-electron chi connectivity index (χ1n) is 13.9. The molecule has 1 aliphatic rings. The van der Waals surface area contributed by atoms with Gasteiger partial charge in [-0.15, -0.1) is 0 Å². The zero-order valence-corrected chi connectivity index (χ0v) is 23.4. The van der Waals surface area contributed by atoms with Crippen molar-refractivity contribution in [1.82, 2.24) is 19.7 Å². The molecule has 0 saturated heterocycles. The highest BCUT2D eigenvalue weighted by Gasteiger charge is 2.41. The molecule has 3 aromatic carbocycles. The molecule has 202 valence electrons. The number of imidazole rings is 1. The summed E-state index contributed by atoms with van der Waals surface area (Å²) in [4.78, 5) is 22.6. The molecule has 0 bridgehead atoms. The molecule has 0 unspecified atom stereocenters. The van der Waals surface area contributed by atoms with Crippen LogP contribution in [-0.2, 0) is 10.3 Å². The minimum Gasteiger partial charge on any atom is -0.444 e. The largest absolute Gasteiger partial charge is 0.444 e. The highest BCUT2D eigenvalue weighted by molar-refractivity contribution is 5.82. The number of rotatable bonds is 5. The smallest absolute Gasteiger partial charge is 0.408 e. The predicted octanol–water partition coefficient (Wildman–Crippen LogP) is 7.94. The van der Waals surface area contributed by atoms with E-state index in [1.54, 1.807) is 0 Å². The second-order valence-electron chi connectivity index (χ2n) is 11.6. The summed E-state index contributed by atoms with van der Waals surface area (Å²) in [6.07, 6.45) is 4.53. The van der Waals surface area contributed by atoms with Gasteiger partial charge in [-0.1, -0.05) is 78.9 Å². The number of alkyl carbamates (subject to hydrolysis) is 1. The van der Waals surface area contributed by atoms with Crippen LogP contribution >= 0.6 is 0 Å². The van der Waals surface area contributed by atoms with Crippen molar-refractivity contribution in [1.29, 1.82) is 0 Å². The summed E-state index contributed by atoms with van der Waals surface area (Å²) >= 11 is 0. The molecule has 0 atom stereocenters. The van der Waals surface area contributed by atoms with Gasteiger partial charge in [0.25, 0.3) is 0 Å². The minimum atomic E-state index is -0.539. The molecule has 40 heavy (non-hydrogen) atoms. The van der Waals surface area contributed by atoms with E-state index < -0.39 is 11.1 Å². The number of carbonyl (C=O) groups is 1. The summed E-state index contributed by atoms with van der Waals surface area (Å²) < 4.78 is 7.63. The van der Waals surface area contributed by atoms with Crippen molar-refractivity contribution in [2.75, 3.05) is 0 Å². The van der Waals surface area contributed by atoms with E-state index in [1.807, 2.05) is 51.1 Å². The fourth-order valence-corrected chi connectivity index (χ4v) is 5.48. The number of aromatic nitrogens is 3. The number of hydrogen-bond acceptors (Lipinski definition) is 4. The van der Waals surface area contributed by atoms with Gasteiger partial charge < -0.3 is 10.1 Å². The van der Waals surface area contributed by atoms with Gasteiger partial charge in [0.1, 0.15) is 5.60 Å². The zero-order valence-electron chi connectivity index (χ0n) is 23.4. The average Bonchev–Trinajstić information content (AvgIpc) is 3.29. The van der Waals surface area contributed by atoms with E-state index in [9.17, 15) is 4.79 Å². The third-order valence-electron chi connectivity index (χ3n) is 7.62. The Kier molecular flexibility index (Phi) is 6.41. The molecule has 2 heterocycles. The summed E-state index contributed by atoms with van der Waals surface area (Å²) in [7, 11) is 0. The van der Waals surface area contributed by atoms with Crippen LogP contribution in [0.3, 0.4) is 0 Å². The molecule has 1 fully saturated rings. The molecule has 0 radical (unpaired) electrons. The Hall–Kier alpha value is -4.45. The number of benzene rings is 3. The van der Waals surface area contributed by atoms with E-state index in [2.05, 4.69) is 77.4 Å². The zero-order chi connectivity index (χ0) is 27.9. The molecular weight excluding hydrogens is 496 g/mol. The standard InChI is InChI=1S/C34H34N4O2/c1-23-11-8-9-14-27(23)28-19-22-38-30(25-12-6-5-7-13-25)29(36-31(38)35-28)24-15-17-26(18-16-24)34(20-10-21-34)37-32(39)40-33(2,3)4/h5-9,11-19,22H,10,20-21H2,1-4H3,(H,37,39). The van der Waals surface area contributed by atoms with Crippen LogP contribution in [0, 0.1) is 6.92 Å². The third-order valence-corrected chi connectivity index (χ3v) is 7.62. The normalized spacial score (nSPS) is 14.5. The molecule has 1 saturated carbocycles. The van der Waals surface area contributed by atoms with Crippen LogP contribution in [0.4, 0.5) is 4.79 Å². The second-order valence-corrected chi connectivity index (χ2v) is 11.6. The number of hydrogen-bond donors (Lipinski definition) is 1. The lowest BCUT2D eigenvalue weighted by atomic mass is 9.71. The van der Waals surface area contributed by atoms with E-state index in [-0.39, 0.29) is 6.09 Å². The molecule has 5 aromatic rings. The highest BCUT2D eigenvalue weighted by Crippen LogP contribution is 2.42. The van der Waals surface area contributed by atoms with Gasteiger partial charge in [0.15, 0.2) is 0 Å². The van der Waals surface area contributed by atoms with Crippen molar-refractivity contribution in [3.63, 3.8) is 0 Å². The highest BCUT2D eigenvalue weighted by atomic mass is 16.6. The molecule has 6 heteroatoms. The number of carbonyl (C=O) groups excluding carboxylic acids is 1. The summed E-state index contributed by atoms with van der Waals surface area (Å²) in [6, 6.07) is 29.0. The Morgan fingerprint density at radius 3 is 2.23 bits per heavy atom. The number of aryl methyl sites for hydroxylation is 1. The lowest BCUT2D eigenvalue weighted by Crippen LogP contribution is -2.52. The van der Waals surface area contributed by atoms with Crippen LogP contribution in [0.5, 0.6) is 0 Å². The predicted molar refractivity (Wildman–Crippen MR) is 159 cm³/mol. The summed E-state index contributed by atoms with van der Waals surface area (Å²) in [5.41, 5.74) is 7.26. The van der Waals surface area contributed by atoms with E-state index in [4.69, 9.17) is 14.7 Å². The molecule has 1 aliphatic carbocycles. The number of nitrogens with one attached hydrogen (secondary N) is 1. The van der Waals surface area contributed by atoms with E-state index >= 15 is 0 Å². The Bertz CT molecular complexity index is 1680. The van der Waals surface area contributed by atoms with Crippen LogP contribution in [0.25, 0.3) is 39.5 Å². The van der Waals surface area contributed by atoms with Gasteiger partial charge >= 0.3 is 6.09 Å². The number of ether oxygens (including phenoxy) is 1. The van der Waals surface area contributed by atoms with Crippen molar-refractivity contribution < 1.29 is 9.53 Å². The fraction of sp³-hybridized carbons (Fsp3) is 0.265. The van der Waals surface area contributed by atoms with Gasteiger partial charge in [0.2, 0.25) is 5.78 Å². The summed E-state index contributed by atoms with van der Waals surface area (Å²) in [5, 5.41) is 3.16. The Morgan fingerprint density at radius 2 is 1.57 bits per heavy atom. The maximum atomic E-state index is 12.6. The van der Waals surface area contributed by atoms with E-state index in [1.165, 1.54) is 5.56 Å². The van der Waals surface area contributed by atoms with Crippen molar-refractivity contribution >= 4 is 11.9 Å². The van der Waals surface area contributed by atoms with Crippen molar-refractivity contribution in [3.8, 4) is 33.8 Å².